The van der Waals surface area contributed by atoms with Gasteiger partial charge in [0.05, 0.1) is 16.6 Å². The maximum absolute atomic E-state index is 12.7. The summed E-state index contributed by atoms with van der Waals surface area (Å²) in [6, 6.07) is 11.9. The van der Waals surface area contributed by atoms with Crippen LogP contribution >= 0.6 is 0 Å². The molecule has 0 bridgehead atoms. The predicted molar refractivity (Wildman–Crippen MR) is 119 cm³/mol. The first-order valence-electron chi connectivity index (χ1n) is 9.87. The average molecular weight is 407 g/mol. The van der Waals surface area contributed by atoms with Gasteiger partial charge in [-0.15, -0.1) is 0 Å². The molecule has 0 saturated carbocycles. The Kier molecular flexibility index (Phi) is 6.46. The van der Waals surface area contributed by atoms with Gasteiger partial charge in [-0.3, -0.25) is 14.2 Å². The van der Waals surface area contributed by atoms with Crippen LogP contribution in [-0.2, 0) is 11.3 Å². The van der Waals surface area contributed by atoms with Crippen molar-refractivity contribution in [2.24, 2.45) is 5.10 Å². The van der Waals surface area contributed by atoms with Crippen LogP contribution in [0.5, 0.6) is 5.75 Å². The number of phenols is 1. The highest BCUT2D eigenvalue weighted by Crippen LogP contribution is 2.23. The molecule has 0 saturated heterocycles. The van der Waals surface area contributed by atoms with Gasteiger partial charge in [-0.2, -0.15) is 5.10 Å². The Labute approximate surface area is 174 Å². The summed E-state index contributed by atoms with van der Waals surface area (Å²) in [4.78, 5) is 29.0. The summed E-state index contributed by atoms with van der Waals surface area (Å²) < 4.78 is 1.50. The second kappa shape index (κ2) is 9.21. The summed E-state index contributed by atoms with van der Waals surface area (Å²) in [5.41, 5.74) is 4.78. The van der Waals surface area contributed by atoms with E-state index < -0.39 is 0 Å². The monoisotopic (exact) mass is 407 g/mol. The van der Waals surface area contributed by atoms with E-state index in [1.54, 1.807) is 37.3 Å². The van der Waals surface area contributed by atoms with Crippen molar-refractivity contribution in [3.63, 3.8) is 0 Å². The number of fused-ring (bicyclic) bond motifs is 1. The molecule has 3 N–H and O–H groups in total. The molecule has 3 rings (SSSR count). The summed E-state index contributed by atoms with van der Waals surface area (Å²) in [5.74, 6) is 0.257. The smallest absolute Gasteiger partial charge is 0.262 e. The number of hydrogen-bond donors (Lipinski definition) is 3. The van der Waals surface area contributed by atoms with Crippen molar-refractivity contribution >= 4 is 34.2 Å². The molecule has 8 nitrogen and oxygen atoms in total. The molecule has 0 aliphatic rings. The number of carbonyl (C=O) groups is 1. The number of benzene rings is 2. The lowest BCUT2D eigenvalue weighted by molar-refractivity contribution is -0.116. The number of aromatic nitrogens is 2. The van der Waals surface area contributed by atoms with Crippen molar-refractivity contribution in [3.8, 4) is 5.75 Å². The molecular formula is C22H25N5O3. The summed E-state index contributed by atoms with van der Waals surface area (Å²) in [6.45, 7) is 5.93. The van der Waals surface area contributed by atoms with E-state index in [9.17, 15) is 14.7 Å². The molecule has 0 aliphatic heterocycles. The SMILES string of the molecule is CCCC(=O)Nc1ccc(O)c(/C(C)=N/Nc2nc3ccccc3c(=O)n2CC)c1. The third kappa shape index (κ3) is 4.48. The quantitative estimate of drug-likeness (QED) is 0.314. The van der Waals surface area contributed by atoms with Crippen LogP contribution in [0.15, 0.2) is 52.4 Å². The van der Waals surface area contributed by atoms with Gasteiger partial charge in [0.2, 0.25) is 11.9 Å². The lowest BCUT2D eigenvalue weighted by Gasteiger charge is -2.12. The van der Waals surface area contributed by atoms with Gasteiger partial charge in [-0.1, -0.05) is 19.1 Å². The Bertz CT molecular complexity index is 1170. The van der Waals surface area contributed by atoms with Crippen molar-refractivity contribution in [2.75, 3.05) is 10.7 Å². The van der Waals surface area contributed by atoms with Crippen molar-refractivity contribution in [2.45, 2.75) is 40.2 Å². The molecule has 0 spiro atoms. The van der Waals surface area contributed by atoms with Crippen molar-refractivity contribution in [3.05, 3.63) is 58.4 Å². The number of nitrogens with one attached hydrogen (secondary N) is 2. The Morgan fingerprint density at radius 1 is 1.20 bits per heavy atom. The topological polar surface area (TPSA) is 109 Å². The van der Waals surface area contributed by atoms with Crippen LogP contribution in [0.4, 0.5) is 11.6 Å². The normalized spacial score (nSPS) is 11.5. The van der Waals surface area contributed by atoms with E-state index in [0.29, 0.717) is 46.8 Å². The fraction of sp³-hybridized carbons (Fsp3) is 0.273. The number of hydrazone groups is 1. The second-order valence-electron chi connectivity index (χ2n) is 6.84. The minimum Gasteiger partial charge on any atom is -0.507 e. The van der Waals surface area contributed by atoms with Crippen LogP contribution in [0.1, 0.15) is 39.2 Å². The molecule has 0 atom stereocenters. The van der Waals surface area contributed by atoms with Crippen LogP contribution in [0.3, 0.4) is 0 Å². The number of carbonyl (C=O) groups excluding carboxylic acids is 1. The van der Waals surface area contributed by atoms with Gasteiger partial charge in [-0.25, -0.2) is 10.4 Å². The Morgan fingerprint density at radius 3 is 2.70 bits per heavy atom. The first kappa shape index (κ1) is 21.0. The fourth-order valence-electron chi connectivity index (χ4n) is 3.09. The summed E-state index contributed by atoms with van der Waals surface area (Å²) in [7, 11) is 0. The van der Waals surface area contributed by atoms with Crippen LogP contribution in [0.2, 0.25) is 0 Å². The molecule has 0 radical (unpaired) electrons. The molecule has 0 aliphatic carbocycles. The van der Waals surface area contributed by atoms with E-state index in [1.807, 2.05) is 19.9 Å². The van der Waals surface area contributed by atoms with Crippen molar-refractivity contribution in [1.29, 1.82) is 0 Å². The maximum Gasteiger partial charge on any atom is 0.262 e. The third-order valence-corrected chi connectivity index (χ3v) is 4.65. The standard InChI is InChI=1S/C22H25N5O3/c1-4-8-20(29)23-15-11-12-19(28)17(13-15)14(3)25-26-22-24-18-10-7-6-9-16(18)21(30)27(22)5-2/h6-7,9-13,28H,4-5,8H2,1-3H3,(H,23,29)(H,24,26)/b25-14+. The van der Waals surface area contributed by atoms with Gasteiger partial charge in [0.25, 0.3) is 5.56 Å². The van der Waals surface area contributed by atoms with Crippen LogP contribution < -0.4 is 16.3 Å². The molecule has 2 aromatic carbocycles. The van der Waals surface area contributed by atoms with Crippen molar-refractivity contribution < 1.29 is 9.90 Å². The number of amides is 1. The first-order valence-corrected chi connectivity index (χ1v) is 9.87. The van der Waals surface area contributed by atoms with Gasteiger partial charge in [0, 0.05) is 24.2 Å². The first-order chi connectivity index (χ1) is 14.4. The Morgan fingerprint density at radius 2 is 1.97 bits per heavy atom. The summed E-state index contributed by atoms with van der Waals surface area (Å²) in [5, 5.41) is 17.9. The average Bonchev–Trinajstić information content (AvgIpc) is 2.73. The molecule has 1 aromatic heterocycles. The molecule has 3 aromatic rings. The van der Waals surface area contributed by atoms with Crippen molar-refractivity contribution in [1.82, 2.24) is 9.55 Å². The van der Waals surface area contributed by atoms with Gasteiger partial charge < -0.3 is 10.4 Å². The summed E-state index contributed by atoms with van der Waals surface area (Å²) in [6.07, 6.45) is 1.17. The van der Waals surface area contributed by atoms with E-state index in [4.69, 9.17) is 0 Å². The van der Waals surface area contributed by atoms with Gasteiger partial charge in [0.15, 0.2) is 0 Å². The highest BCUT2D eigenvalue weighted by molar-refractivity contribution is 6.03. The minimum atomic E-state index is -0.151. The summed E-state index contributed by atoms with van der Waals surface area (Å²) >= 11 is 0. The van der Waals surface area contributed by atoms with Crippen LogP contribution in [-0.4, -0.2) is 26.3 Å². The predicted octanol–water partition coefficient (Wildman–Crippen LogP) is 3.70. The molecule has 1 heterocycles. The zero-order valence-electron chi connectivity index (χ0n) is 17.3. The molecule has 156 valence electrons. The molecule has 30 heavy (non-hydrogen) atoms. The van der Waals surface area contributed by atoms with E-state index in [-0.39, 0.29) is 17.2 Å². The van der Waals surface area contributed by atoms with Gasteiger partial charge in [0.1, 0.15) is 5.75 Å². The molecule has 1 amide bonds. The number of hydrogen-bond acceptors (Lipinski definition) is 6. The van der Waals surface area contributed by atoms with E-state index in [0.717, 1.165) is 6.42 Å². The number of nitrogens with zero attached hydrogens (tertiary/aromatic N) is 3. The number of phenolic OH excluding ortho intramolecular Hbond substituents is 1. The van der Waals surface area contributed by atoms with Crippen LogP contribution in [0, 0.1) is 0 Å². The minimum absolute atomic E-state index is 0.0332. The third-order valence-electron chi connectivity index (χ3n) is 4.65. The van der Waals surface area contributed by atoms with E-state index in [1.165, 1.54) is 10.6 Å². The van der Waals surface area contributed by atoms with E-state index >= 15 is 0 Å². The second-order valence-corrected chi connectivity index (χ2v) is 6.84. The fourth-order valence-corrected chi connectivity index (χ4v) is 3.09. The largest absolute Gasteiger partial charge is 0.507 e. The lowest BCUT2D eigenvalue weighted by Crippen LogP contribution is -2.23. The van der Waals surface area contributed by atoms with E-state index in [2.05, 4.69) is 20.8 Å². The highest BCUT2D eigenvalue weighted by atomic mass is 16.3. The molecule has 0 unspecified atom stereocenters. The molecule has 0 fully saturated rings. The number of anilines is 2. The maximum atomic E-state index is 12.7. The highest BCUT2D eigenvalue weighted by Gasteiger charge is 2.11. The molecule has 8 heteroatoms. The number of para-hydroxylation sites is 1. The lowest BCUT2D eigenvalue weighted by atomic mass is 10.1. The van der Waals surface area contributed by atoms with Crippen LogP contribution in [0.25, 0.3) is 10.9 Å². The Balaban J connectivity index is 1.91. The Hall–Kier alpha value is -3.68. The molecular weight excluding hydrogens is 382 g/mol. The number of rotatable bonds is 7. The zero-order valence-corrected chi connectivity index (χ0v) is 17.3. The zero-order chi connectivity index (χ0) is 21.7. The number of aromatic hydroxyl groups is 1. The van der Waals surface area contributed by atoms with Gasteiger partial charge >= 0.3 is 0 Å². The van der Waals surface area contributed by atoms with Gasteiger partial charge in [-0.05, 0) is 50.6 Å².